The van der Waals surface area contributed by atoms with Gasteiger partial charge in [0.1, 0.15) is 5.54 Å². The minimum Gasteiger partial charge on any atom is -0.354 e. The van der Waals surface area contributed by atoms with E-state index < -0.39 is 5.54 Å². The summed E-state index contributed by atoms with van der Waals surface area (Å²) in [6.45, 7) is 6.51. The summed E-state index contributed by atoms with van der Waals surface area (Å²) in [6, 6.07) is 1.99. The molecular weight excluding hydrogens is 330 g/mol. The van der Waals surface area contributed by atoms with Crippen LogP contribution in [0.3, 0.4) is 0 Å². The first-order valence-corrected chi connectivity index (χ1v) is 9.41. The van der Waals surface area contributed by atoms with Crippen LogP contribution >= 0.6 is 0 Å². The molecule has 1 aliphatic rings. The molecule has 2 N–H and O–H groups in total. The molecule has 0 aromatic carbocycles. The zero-order valence-electron chi connectivity index (χ0n) is 15.7. The van der Waals surface area contributed by atoms with Crippen LogP contribution in [0.2, 0.25) is 0 Å². The maximum Gasteiger partial charge on any atom is 0.253 e. The second kappa shape index (κ2) is 7.43. The maximum absolute atomic E-state index is 12.9. The number of carbonyl (C=O) groups is 2. The average molecular weight is 357 g/mol. The fourth-order valence-corrected chi connectivity index (χ4v) is 3.63. The largest absolute Gasteiger partial charge is 0.354 e. The second-order valence-corrected chi connectivity index (χ2v) is 7.28. The summed E-state index contributed by atoms with van der Waals surface area (Å²) in [5.41, 5.74) is 0.394. The first kappa shape index (κ1) is 18.4. The molecule has 140 valence electrons. The van der Waals surface area contributed by atoms with Gasteiger partial charge in [0.05, 0.1) is 11.8 Å². The molecule has 0 bridgehead atoms. The number of likely N-dealkylation sites (N-methyl/N-ethyl adjacent to an activating group) is 1. The van der Waals surface area contributed by atoms with E-state index in [1.807, 2.05) is 25.5 Å². The van der Waals surface area contributed by atoms with Crippen LogP contribution in [-0.4, -0.2) is 38.7 Å². The van der Waals surface area contributed by atoms with Crippen LogP contribution in [0.1, 0.15) is 69.3 Å². The number of hydrogen-bond acceptors (Lipinski definition) is 4. The first-order valence-electron chi connectivity index (χ1n) is 9.41. The van der Waals surface area contributed by atoms with Gasteiger partial charge in [0, 0.05) is 24.2 Å². The fraction of sp³-hybridized carbons (Fsp3) is 0.579. The summed E-state index contributed by atoms with van der Waals surface area (Å²) in [6.07, 6.45) is 7.60. The molecule has 0 spiro atoms. The Morgan fingerprint density at radius 3 is 2.62 bits per heavy atom. The van der Waals surface area contributed by atoms with Crippen LogP contribution in [0.5, 0.6) is 0 Å². The summed E-state index contributed by atoms with van der Waals surface area (Å²) < 4.78 is 1.83. The average Bonchev–Trinajstić information content (AvgIpc) is 3.06. The van der Waals surface area contributed by atoms with Gasteiger partial charge >= 0.3 is 0 Å². The number of rotatable bonds is 5. The number of nitrogens with zero attached hydrogens (tertiary/aromatic N) is 3. The van der Waals surface area contributed by atoms with E-state index in [0.29, 0.717) is 24.9 Å². The molecule has 2 amide bonds. The Morgan fingerprint density at radius 2 is 1.96 bits per heavy atom. The molecule has 0 aliphatic heterocycles. The van der Waals surface area contributed by atoms with Crippen molar-refractivity contribution >= 4 is 22.8 Å². The fourth-order valence-electron chi connectivity index (χ4n) is 3.63. The number of amides is 2. The highest BCUT2D eigenvalue weighted by atomic mass is 16.2. The lowest BCUT2D eigenvalue weighted by molar-refractivity contribution is -0.128. The highest BCUT2D eigenvalue weighted by Gasteiger charge is 2.40. The smallest absolute Gasteiger partial charge is 0.253 e. The van der Waals surface area contributed by atoms with Crippen LogP contribution < -0.4 is 10.6 Å². The van der Waals surface area contributed by atoms with E-state index in [1.54, 1.807) is 18.5 Å². The highest BCUT2D eigenvalue weighted by molar-refractivity contribution is 6.00. The minimum atomic E-state index is -0.817. The lowest BCUT2D eigenvalue weighted by atomic mass is 9.80. The molecule has 26 heavy (non-hydrogen) atoms. The van der Waals surface area contributed by atoms with E-state index in [-0.39, 0.29) is 17.9 Å². The van der Waals surface area contributed by atoms with Crippen molar-refractivity contribution in [2.24, 2.45) is 0 Å². The Bertz CT molecular complexity index is 805. The molecule has 1 fully saturated rings. The number of carbonyl (C=O) groups excluding carboxylic acids is 2. The number of hydrogen-bond donors (Lipinski definition) is 2. The van der Waals surface area contributed by atoms with Gasteiger partial charge in [0.2, 0.25) is 5.91 Å². The molecule has 0 unspecified atom stereocenters. The number of fused-ring (bicyclic) bond motifs is 1. The molecule has 2 aromatic rings. The molecular formula is C19H27N5O2. The summed E-state index contributed by atoms with van der Waals surface area (Å²) in [5.74, 6) is -0.348. The number of nitrogens with one attached hydrogen (secondary N) is 2. The summed E-state index contributed by atoms with van der Waals surface area (Å²) >= 11 is 0. The Balaban J connectivity index is 1.85. The first-order chi connectivity index (χ1) is 12.5. The predicted octanol–water partition coefficient (Wildman–Crippen LogP) is 2.58. The monoisotopic (exact) mass is 357 g/mol. The standard InChI is InChI=1S/C19H27N5O2/c1-4-20-18(26)19(8-6-5-7-9-19)23-17(25)15-10-14-12-22-24(13(2)3)16(14)21-11-15/h10-13H,4-9H2,1-3H3,(H,20,26)(H,23,25). The maximum atomic E-state index is 12.9. The Hall–Kier alpha value is -2.44. The van der Waals surface area contributed by atoms with E-state index >= 15 is 0 Å². The third-order valence-corrected chi connectivity index (χ3v) is 5.02. The summed E-state index contributed by atoms with van der Waals surface area (Å²) in [4.78, 5) is 29.9. The molecule has 7 heteroatoms. The molecule has 0 atom stereocenters. The Kier molecular flexibility index (Phi) is 5.25. The summed E-state index contributed by atoms with van der Waals surface area (Å²) in [5, 5.41) is 11.0. The van der Waals surface area contributed by atoms with Crippen molar-refractivity contribution in [1.82, 2.24) is 25.4 Å². The minimum absolute atomic E-state index is 0.0882. The van der Waals surface area contributed by atoms with Gasteiger partial charge in [-0.3, -0.25) is 9.59 Å². The van der Waals surface area contributed by atoms with Crippen LogP contribution in [0.4, 0.5) is 0 Å². The van der Waals surface area contributed by atoms with Gasteiger partial charge in [0.25, 0.3) is 5.91 Å². The van der Waals surface area contributed by atoms with Crippen molar-refractivity contribution in [3.8, 4) is 0 Å². The van der Waals surface area contributed by atoms with Gasteiger partial charge in [-0.25, -0.2) is 9.67 Å². The van der Waals surface area contributed by atoms with Gasteiger partial charge in [-0.2, -0.15) is 5.10 Å². The van der Waals surface area contributed by atoms with Crippen molar-refractivity contribution in [2.75, 3.05) is 6.54 Å². The molecule has 1 saturated carbocycles. The molecule has 0 radical (unpaired) electrons. The quantitative estimate of drug-likeness (QED) is 0.861. The van der Waals surface area contributed by atoms with E-state index in [9.17, 15) is 9.59 Å². The third-order valence-electron chi connectivity index (χ3n) is 5.02. The summed E-state index contributed by atoms with van der Waals surface area (Å²) in [7, 11) is 0. The molecule has 2 aromatic heterocycles. The SMILES string of the molecule is CCNC(=O)C1(NC(=O)c2cnc3c(cnn3C(C)C)c2)CCCCC1. The molecule has 1 aliphatic carbocycles. The van der Waals surface area contributed by atoms with E-state index in [4.69, 9.17) is 0 Å². The van der Waals surface area contributed by atoms with E-state index in [0.717, 1.165) is 30.3 Å². The highest BCUT2D eigenvalue weighted by Crippen LogP contribution is 2.29. The number of aromatic nitrogens is 3. The van der Waals surface area contributed by atoms with Crippen molar-refractivity contribution in [3.63, 3.8) is 0 Å². The normalized spacial score (nSPS) is 16.6. The van der Waals surface area contributed by atoms with Gasteiger partial charge in [-0.1, -0.05) is 19.3 Å². The van der Waals surface area contributed by atoms with Gasteiger partial charge in [-0.05, 0) is 39.7 Å². The van der Waals surface area contributed by atoms with Gasteiger partial charge < -0.3 is 10.6 Å². The third kappa shape index (κ3) is 3.43. The predicted molar refractivity (Wildman–Crippen MR) is 99.9 cm³/mol. The van der Waals surface area contributed by atoms with Crippen LogP contribution in [0, 0.1) is 0 Å². The van der Waals surface area contributed by atoms with Crippen LogP contribution in [-0.2, 0) is 4.79 Å². The lowest BCUT2D eigenvalue weighted by Crippen LogP contribution is -2.59. The van der Waals surface area contributed by atoms with E-state index in [2.05, 4.69) is 20.7 Å². The number of pyridine rings is 1. The van der Waals surface area contributed by atoms with Crippen LogP contribution in [0.25, 0.3) is 11.0 Å². The van der Waals surface area contributed by atoms with E-state index in [1.165, 1.54) is 0 Å². The molecule has 2 heterocycles. The van der Waals surface area contributed by atoms with Gasteiger partial charge in [0.15, 0.2) is 5.65 Å². The topological polar surface area (TPSA) is 88.9 Å². The van der Waals surface area contributed by atoms with Crippen molar-refractivity contribution < 1.29 is 9.59 Å². The van der Waals surface area contributed by atoms with Gasteiger partial charge in [-0.15, -0.1) is 0 Å². The zero-order chi connectivity index (χ0) is 18.7. The zero-order valence-corrected chi connectivity index (χ0v) is 15.7. The van der Waals surface area contributed by atoms with Crippen molar-refractivity contribution in [3.05, 3.63) is 24.0 Å². The Morgan fingerprint density at radius 1 is 1.23 bits per heavy atom. The van der Waals surface area contributed by atoms with Crippen LogP contribution in [0.15, 0.2) is 18.5 Å². The lowest BCUT2D eigenvalue weighted by Gasteiger charge is -2.36. The van der Waals surface area contributed by atoms with Crippen molar-refractivity contribution in [1.29, 1.82) is 0 Å². The second-order valence-electron chi connectivity index (χ2n) is 7.28. The molecule has 7 nitrogen and oxygen atoms in total. The molecule has 3 rings (SSSR count). The molecule has 0 saturated heterocycles. The Labute approximate surface area is 153 Å². The van der Waals surface area contributed by atoms with Crippen molar-refractivity contribution in [2.45, 2.75) is 64.5 Å².